The van der Waals surface area contributed by atoms with Gasteiger partial charge >= 0.3 is 5.97 Å². The molecule has 4 aliphatic rings. The van der Waals surface area contributed by atoms with Crippen molar-refractivity contribution in [3.8, 4) is 0 Å². The van der Waals surface area contributed by atoms with E-state index >= 15 is 0 Å². The highest BCUT2D eigenvalue weighted by Crippen LogP contribution is 2.37. The molecule has 0 radical (unpaired) electrons. The summed E-state index contributed by atoms with van der Waals surface area (Å²) in [6.45, 7) is 25.4. The molecule has 61 heavy (non-hydrogen) atoms. The van der Waals surface area contributed by atoms with Crippen molar-refractivity contribution in [1.29, 1.82) is 0 Å². The first-order chi connectivity index (χ1) is 28.6. The van der Waals surface area contributed by atoms with Crippen LogP contribution in [0.3, 0.4) is 0 Å². The van der Waals surface area contributed by atoms with Crippen molar-refractivity contribution in [2.24, 2.45) is 64.9 Å². The Hall–Kier alpha value is -3.38. The number of carbonyl (C=O) groups excluding carboxylic acids is 6. The summed E-state index contributed by atoms with van der Waals surface area (Å²) in [6.07, 6.45) is -5.46. The molecular formula is C44H76N6O11. The zero-order valence-electron chi connectivity index (χ0n) is 38.7. The lowest BCUT2D eigenvalue weighted by Crippen LogP contribution is -2.63. The third-order valence-corrected chi connectivity index (χ3v) is 15.0. The van der Waals surface area contributed by atoms with Crippen LogP contribution < -0.4 is 32.3 Å². The Morgan fingerprint density at radius 2 is 0.787 bits per heavy atom. The van der Waals surface area contributed by atoms with E-state index in [1.54, 1.807) is 6.92 Å². The topological polar surface area (TPSA) is 235 Å². The van der Waals surface area contributed by atoms with Gasteiger partial charge in [-0.2, -0.15) is 0 Å². The van der Waals surface area contributed by atoms with Gasteiger partial charge in [-0.1, -0.05) is 69.2 Å². The van der Waals surface area contributed by atoms with Gasteiger partial charge in [0.1, 0.15) is 12.2 Å². The molecule has 348 valence electrons. The zero-order valence-corrected chi connectivity index (χ0v) is 38.7. The van der Waals surface area contributed by atoms with Crippen LogP contribution in [0.4, 0.5) is 0 Å². The predicted molar refractivity (Wildman–Crippen MR) is 226 cm³/mol. The van der Waals surface area contributed by atoms with Crippen molar-refractivity contribution >= 4 is 35.5 Å². The molecule has 17 heteroatoms. The fraction of sp³-hybridized carbons (Fsp3) is 0.864. The number of rotatable bonds is 14. The number of ether oxygens (including phenoxy) is 5. The highest BCUT2D eigenvalue weighted by atomic mass is 16.6. The molecule has 0 aromatic rings. The van der Waals surface area contributed by atoms with E-state index in [9.17, 15) is 28.8 Å². The number of nitrogens with two attached hydrogens (primary N) is 1. The van der Waals surface area contributed by atoms with E-state index in [0.717, 1.165) is 0 Å². The lowest BCUT2D eigenvalue weighted by Gasteiger charge is -2.46. The average molecular weight is 865 g/mol. The summed E-state index contributed by atoms with van der Waals surface area (Å²) in [6, 6.07) is -1.23. The maximum atomic E-state index is 14.1. The molecule has 4 saturated heterocycles. The molecule has 4 aliphatic heterocycles. The van der Waals surface area contributed by atoms with E-state index in [1.165, 1.54) is 13.8 Å². The van der Waals surface area contributed by atoms with E-state index in [4.69, 9.17) is 29.4 Å². The van der Waals surface area contributed by atoms with Crippen LogP contribution in [0.15, 0.2) is 0 Å². The molecule has 0 aliphatic carbocycles. The standard InChI is InChI=1S/C44H76N6O11/c1-14-57-44(56)40-36(50-30(13)52)26(9)24(7)34(61-40)18-47-42(54)38-28(11)20(3)22(5)32(59-38)16-48-43(55)39-35(49-29(12)51)25(8)23(6)33(60-39)17-46-41(53)37-27(10)19(2)21(4)31(15-45)58-37/h19-28,31-40H,14-18,45H2,1-13H3,(H,46,53)(H,47,54)(H,48,55)(H,49,51)(H,50,52)/t19-,20-,21-,22-,23-,24-,25-,26-,27+,28+,31+,32+,33+,34+,35?,36?,37+,38+,39+,40?/m0/s1. The minimum Gasteiger partial charge on any atom is -0.464 e. The van der Waals surface area contributed by atoms with Crippen LogP contribution in [-0.2, 0) is 52.5 Å². The van der Waals surface area contributed by atoms with Crippen LogP contribution in [0.2, 0.25) is 0 Å². The highest BCUT2D eigenvalue weighted by molar-refractivity contribution is 5.84. The quantitative estimate of drug-likeness (QED) is 0.136. The first kappa shape index (κ1) is 50.3. The molecule has 7 N–H and O–H groups in total. The summed E-state index contributed by atoms with van der Waals surface area (Å²) in [7, 11) is 0. The first-order valence-electron chi connectivity index (χ1n) is 22.5. The van der Waals surface area contributed by atoms with Crippen molar-refractivity contribution in [2.45, 2.75) is 151 Å². The van der Waals surface area contributed by atoms with Crippen LogP contribution in [0, 0.1) is 59.2 Å². The minimum atomic E-state index is -1.07. The normalized spacial score (nSPS) is 41.4. The largest absolute Gasteiger partial charge is 0.464 e. The third kappa shape index (κ3) is 11.6. The van der Waals surface area contributed by atoms with Crippen LogP contribution in [0.1, 0.15) is 90.0 Å². The number of esters is 1. The molecule has 0 aromatic heterocycles. The molecule has 5 amide bonds. The van der Waals surface area contributed by atoms with Gasteiger partial charge in [0.15, 0.2) is 12.2 Å². The second kappa shape index (κ2) is 21.8. The number of nitrogens with one attached hydrogen (secondary N) is 5. The van der Waals surface area contributed by atoms with Crippen LogP contribution >= 0.6 is 0 Å². The molecule has 0 saturated carbocycles. The zero-order chi connectivity index (χ0) is 45.6. The summed E-state index contributed by atoms with van der Waals surface area (Å²) in [4.78, 5) is 78.8. The van der Waals surface area contributed by atoms with Crippen LogP contribution in [-0.4, -0.2) is 129 Å². The van der Waals surface area contributed by atoms with E-state index in [0.29, 0.717) is 6.54 Å². The summed E-state index contributed by atoms with van der Waals surface area (Å²) in [5.41, 5.74) is 5.97. The lowest BCUT2D eigenvalue weighted by molar-refractivity contribution is -0.180. The Bertz CT molecular complexity index is 1550. The Morgan fingerprint density at radius 1 is 0.459 bits per heavy atom. The van der Waals surface area contributed by atoms with Gasteiger partial charge in [0.05, 0.1) is 43.1 Å². The molecule has 4 heterocycles. The van der Waals surface area contributed by atoms with Crippen molar-refractivity contribution in [1.82, 2.24) is 26.6 Å². The van der Waals surface area contributed by atoms with Gasteiger partial charge in [-0.05, 0) is 66.1 Å². The number of carbonyl (C=O) groups is 6. The fourth-order valence-electron chi connectivity index (χ4n) is 9.75. The Kier molecular flexibility index (Phi) is 18.0. The van der Waals surface area contributed by atoms with Gasteiger partial charge in [-0.15, -0.1) is 0 Å². The highest BCUT2D eigenvalue weighted by Gasteiger charge is 2.49. The Morgan fingerprint density at radius 3 is 1.18 bits per heavy atom. The molecule has 20 atom stereocenters. The maximum absolute atomic E-state index is 14.1. The number of hydrogen-bond donors (Lipinski definition) is 6. The molecular weight excluding hydrogens is 789 g/mol. The van der Waals surface area contributed by atoms with Crippen molar-refractivity contribution in [3.63, 3.8) is 0 Å². The summed E-state index contributed by atoms with van der Waals surface area (Å²) < 4.78 is 30.6. The molecule has 0 spiro atoms. The van der Waals surface area contributed by atoms with E-state index in [2.05, 4.69) is 47.4 Å². The second-order valence-electron chi connectivity index (χ2n) is 18.6. The van der Waals surface area contributed by atoms with Gasteiger partial charge in [-0.3, -0.25) is 24.0 Å². The second-order valence-corrected chi connectivity index (χ2v) is 18.6. The van der Waals surface area contributed by atoms with Crippen molar-refractivity contribution in [2.75, 3.05) is 32.8 Å². The molecule has 4 fully saturated rings. The van der Waals surface area contributed by atoms with Gasteiger partial charge in [-0.25, -0.2) is 4.79 Å². The molecule has 4 rings (SSSR count). The van der Waals surface area contributed by atoms with E-state index in [-0.39, 0.29) is 115 Å². The number of hydrogen-bond acceptors (Lipinski definition) is 12. The predicted octanol–water partition coefficient (Wildman–Crippen LogP) is 1.30. The van der Waals surface area contributed by atoms with Crippen molar-refractivity contribution in [3.05, 3.63) is 0 Å². The molecule has 0 aromatic carbocycles. The Labute approximate surface area is 362 Å². The minimum absolute atomic E-state index is 0.0286. The molecule has 3 unspecified atom stereocenters. The van der Waals surface area contributed by atoms with Crippen LogP contribution in [0.5, 0.6) is 0 Å². The summed E-state index contributed by atoms with van der Waals surface area (Å²) in [5.74, 6) is -2.58. The fourth-order valence-corrected chi connectivity index (χ4v) is 9.75. The number of amides is 5. The monoisotopic (exact) mass is 865 g/mol. The van der Waals surface area contributed by atoms with Gasteiger partial charge in [0, 0.05) is 40.0 Å². The van der Waals surface area contributed by atoms with Crippen molar-refractivity contribution < 1.29 is 52.5 Å². The smallest absolute Gasteiger partial charge is 0.337 e. The first-order valence-corrected chi connectivity index (χ1v) is 22.5. The van der Waals surface area contributed by atoms with E-state index < -0.39 is 66.7 Å². The van der Waals surface area contributed by atoms with Gasteiger partial charge < -0.3 is 56.0 Å². The maximum Gasteiger partial charge on any atom is 0.337 e. The molecule has 0 bridgehead atoms. The summed E-state index contributed by atoms with van der Waals surface area (Å²) in [5, 5.41) is 14.8. The average Bonchev–Trinajstić information content (AvgIpc) is 3.21. The third-order valence-electron chi connectivity index (χ3n) is 15.0. The lowest BCUT2D eigenvalue weighted by atomic mass is 9.76. The van der Waals surface area contributed by atoms with Crippen LogP contribution in [0.25, 0.3) is 0 Å². The Balaban J connectivity index is 1.41. The van der Waals surface area contributed by atoms with E-state index in [1.807, 2.05) is 48.5 Å². The van der Waals surface area contributed by atoms with Gasteiger partial charge in [0.2, 0.25) is 23.6 Å². The summed E-state index contributed by atoms with van der Waals surface area (Å²) >= 11 is 0. The SMILES string of the molecule is CCOC(=O)C1O[C@H](CNC(=O)[C@@H]2O[C@H](CNC(=O)[C@@H]3O[C@H](CNC(=O)[C@@H]4O[C@H](CN)[C@@H](C)[C@H](C)[C@H]4C)[C@@H](C)[C@H](C)C3NC(C)=O)[C@@H](C)[C@H](C)[C@H]2C)[C@@H](C)[C@H](C)C1NC(C)=O. The van der Waals surface area contributed by atoms with Gasteiger partial charge in [0.25, 0.3) is 5.91 Å². The molecule has 17 nitrogen and oxygen atoms in total.